The zero-order valence-corrected chi connectivity index (χ0v) is 16.5. The molecule has 1 aromatic heterocycles. The number of aromatic nitrogens is 1. The molecule has 0 aliphatic carbocycles. The third-order valence-electron chi connectivity index (χ3n) is 3.69. The number of hydrogen-bond donors (Lipinski definition) is 1. The summed E-state index contributed by atoms with van der Waals surface area (Å²) >= 11 is 0. The molecule has 0 saturated carbocycles. The maximum absolute atomic E-state index is 14.3. The van der Waals surface area contributed by atoms with Crippen LogP contribution in [0.15, 0.2) is 35.3 Å². The molecule has 0 aliphatic heterocycles. The van der Waals surface area contributed by atoms with Crippen LogP contribution in [0.3, 0.4) is 0 Å². The van der Waals surface area contributed by atoms with Gasteiger partial charge in [-0.05, 0) is 26.8 Å². The summed E-state index contributed by atoms with van der Waals surface area (Å²) < 4.78 is 26.0. The fourth-order valence-electron chi connectivity index (χ4n) is 2.40. The number of nitrogens with one attached hydrogen (secondary N) is 1. The number of hydrogen-bond acceptors (Lipinski definition) is 6. The second-order valence-corrected chi connectivity index (χ2v) is 7.28. The SMILES string of the molecule is Cn1cc(-c2cc([N+](=O)[O-])ccc2F)c(OCCOC(=O)NC(C)(C)C)cc1=O. The molecule has 2 aromatic rings. The van der Waals surface area contributed by atoms with Gasteiger partial charge in [-0.1, -0.05) is 0 Å². The fraction of sp³-hybridized carbons (Fsp3) is 0.368. The maximum atomic E-state index is 14.3. The highest BCUT2D eigenvalue weighted by Gasteiger charge is 2.18. The number of amides is 1. The number of non-ortho nitro benzene ring substituents is 1. The van der Waals surface area contributed by atoms with Crippen molar-refractivity contribution in [2.75, 3.05) is 13.2 Å². The van der Waals surface area contributed by atoms with Crippen molar-refractivity contribution in [3.8, 4) is 16.9 Å². The molecule has 0 spiro atoms. The Hall–Kier alpha value is -3.43. The molecule has 0 fully saturated rings. The number of carbonyl (C=O) groups is 1. The van der Waals surface area contributed by atoms with E-state index in [1.807, 2.05) is 0 Å². The second kappa shape index (κ2) is 8.72. The topological polar surface area (TPSA) is 113 Å². The average molecular weight is 407 g/mol. The Kier molecular flexibility index (Phi) is 6.57. The van der Waals surface area contributed by atoms with Crippen molar-refractivity contribution in [2.24, 2.45) is 7.05 Å². The summed E-state index contributed by atoms with van der Waals surface area (Å²) in [5.41, 5.74) is -1.11. The molecule has 10 heteroatoms. The quantitative estimate of drug-likeness (QED) is 0.447. The third-order valence-corrected chi connectivity index (χ3v) is 3.69. The summed E-state index contributed by atoms with van der Waals surface area (Å²) in [6.07, 6.45) is 0.697. The zero-order valence-electron chi connectivity index (χ0n) is 16.5. The van der Waals surface area contributed by atoms with Crippen molar-refractivity contribution < 1.29 is 23.6 Å². The van der Waals surface area contributed by atoms with E-state index >= 15 is 0 Å². The lowest BCUT2D eigenvalue weighted by molar-refractivity contribution is -0.384. The van der Waals surface area contributed by atoms with Crippen LogP contribution in [0.1, 0.15) is 20.8 Å². The van der Waals surface area contributed by atoms with Gasteiger partial charge in [0.25, 0.3) is 11.2 Å². The van der Waals surface area contributed by atoms with Gasteiger partial charge in [-0.2, -0.15) is 0 Å². The lowest BCUT2D eigenvalue weighted by Gasteiger charge is -2.20. The number of alkyl carbamates (subject to hydrolysis) is 1. The van der Waals surface area contributed by atoms with Crippen LogP contribution in [0.2, 0.25) is 0 Å². The summed E-state index contributed by atoms with van der Waals surface area (Å²) in [6, 6.07) is 4.23. The third kappa shape index (κ3) is 6.03. The van der Waals surface area contributed by atoms with Crippen LogP contribution >= 0.6 is 0 Å². The summed E-state index contributed by atoms with van der Waals surface area (Å²) in [5.74, 6) is -0.688. The molecule has 1 amide bonds. The molecule has 0 aliphatic rings. The summed E-state index contributed by atoms with van der Waals surface area (Å²) in [5, 5.41) is 13.6. The van der Waals surface area contributed by atoms with Crippen molar-refractivity contribution >= 4 is 11.8 Å². The number of benzene rings is 1. The summed E-state index contributed by atoms with van der Waals surface area (Å²) in [7, 11) is 1.46. The molecule has 1 heterocycles. The van der Waals surface area contributed by atoms with Crippen molar-refractivity contribution in [1.29, 1.82) is 0 Å². The Labute approximate surface area is 166 Å². The first-order valence-corrected chi connectivity index (χ1v) is 8.70. The molecule has 29 heavy (non-hydrogen) atoms. The van der Waals surface area contributed by atoms with Crippen LogP contribution in [0.25, 0.3) is 11.1 Å². The molecule has 156 valence electrons. The molecule has 0 radical (unpaired) electrons. The number of nitro groups is 1. The number of halogens is 1. The average Bonchev–Trinajstić information content (AvgIpc) is 2.60. The van der Waals surface area contributed by atoms with Gasteiger partial charge in [0.15, 0.2) is 0 Å². The number of aryl methyl sites for hydroxylation is 1. The highest BCUT2D eigenvalue weighted by atomic mass is 19.1. The van der Waals surface area contributed by atoms with Gasteiger partial charge in [0.2, 0.25) is 0 Å². The highest BCUT2D eigenvalue weighted by molar-refractivity contribution is 5.72. The first kappa shape index (κ1) is 21.9. The Morgan fingerprint density at radius 3 is 2.55 bits per heavy atom. The number of nitrogens with zero attached hydrogens (tertiary/aromatic N) is 2. The van der Waals surface area contributed by atoms with Crippen molar-refractivity contribution in [3.63, 3.8) is 0 Å². The minimum atomic E-state index is -0.708. The van der Waals surface area contributed by atoms with Gasteiger partial charge < -0.3 is 19.4 Å². The van der Waals surface area contributed by atoms with Crippen LogP contribution in [0.5, 0.6) is 5.75 Å². The first-order valence-electron chi connectivity index (χ1n) is 8.70. The van der Waals surface area contributed by atoms with Crippen molar-refractivity contribution in [2.45, 2.75) is 26.3 Å². The van der Waals surface area contributed by atoms with E-state index in [1.165, 1.54) is 17.8 Å². The molecule has 0 bridgehead atoms. The van der Waals surface area contributed by atoms with Gasteiger partial charge in [-0.15, -0.1) is 0 Å². The van der Waals surface area contributed by atoms with Crippen LogP contribution < -0.4 is 15.6 Å². The zero-order chi connectivity index (χ0) is 21.8. The van der Waals surface area contributed by atoms with Gasteiger partial charge in [-0.3, -0.25) is 14.9 Å². The molecule has 0 atom stereocenters. The highest BCUT2D eigenvalue weighted by Crippen LogP contribution is 2.33. The first-order chi connectivity index (χ1) is 13.5. The fourth-order valence-corrected chi connectivity index (χ4v) is 2.40. The van der Waals surface area contributed by atoms with Gasteiger partial charge >= 0.3 is 6.09 Å². The predicted molar refractivity (Wildman–Crippen MR) is 103 cm³/mol. The molecule has 9 nitrogen and oxygen atoms in total. The predicted octanol–water partition coefficient (Wildman–Crippen LogP) is 3.00. The minimum Gasteiger partial charge on any atom is -0.489 e. The van der Waals surface area contributed by atoms with E-state index < -0.39 is 27.9 Å². The number of ether oxygens (including phenoxy) is 2. The number of carbonyl (C=O) groups excluding carboxylic acids is 1. The molecule has 2 rings (SSSR count). The number of rotatable bonds is 6. The molecule has 0 saturated heterocycles. The van der Waals surface area contributed by atoms with Gasteiger partial charge in [0.05, 0.1) is 4.92 Å². The lowest BCUT2D eigenvalue weighted by Crippen LogP contribution is -2.41. The standard InChI is InChI=1S/C19H22FN3O6/c1-19(2,3)21-18(25)29-8-7-28-16-10-17(24)22(4)11-14(16)13-9-12(23(26)27)5-6-15(13)20/h5-6,9-11H,7-8H2,1-4H3,(H,21,25). The minimum absolute atomic E-state index is 0.0207. The Morgan fingerprint density at radius 2 is 1.93 bits per heavy atom. The molecular weight excluding hydrogens is 385 g/mol. The van der Waals surface area contributed by atoms with E-state index in [9.17, 15) is 24.1 Å². The van der Waals surface area contributed by atoms with Gasteiger partial charge in [-0.25, -0.2) is 9.18 Å². The van der Waals surface area contributed by atoms with Crippen LogP contribution in [0, 0.1) is 15.9 Å². The molecule has 0 unspecified atom stereocenters. The largest absolute Gasteiger partial charge is 0.489 e. The van der Waals surface area contributed by atoms with E-state index in [0.717, 1.165) is 24.3 Å². The normalized spacial score (nSPS) is 11.1. The van der Waals surface area contributed by atoms with Crippen LogP contribution in [-0.2, 0) is 11.8 Å². The maximum Gasteiger partial charge on any atom is 0.407 e. The van der Waals surface area contributed by atoms with Crippen LogP contribution in [0.4, 0.5) is 14.9 Å². The van der Waals surface area contributed by atoms with E-state index in [1.54, 1.807) is 20.8 Å². The van der Waals surface area contributed by atoms with E-state index in [4.69, 9.17) is 9.47 Å². The van der Waals surface area contributed by atoms with Crippen molar-refractivity contribution in [1.82, 2.24) is 9.88 Å². The van der Waals surface area contributed by atoms with E-state index in [2.05, 4.69) is 5.32 Å². The monoisotopic (exact) mass is 407 g/mol. The Morgan fingerprint density at radius 1 is 1.24 bits per heavy atom. The van der Waals surface area contributed by atoms with E-state index in [-0.39, 0.29) is 35.8 Å². The summed E-state index contributed by atoms with van der Waals surface area (Å²) in [4.78, 5) is 34.0. The van der Waals surface area contributed by atoms with Gasteiger partial charge in [0, 0.05) is 48.1 Å². The molecular formula is C19H22FN3O6. The molecule has 1 N–H and O–H groups in total. The van der Waals surface area contributed by atoms with Crippen LogP contribution in [-0.4, -0.2) is 34.3 Å². The van der Waals surface area contributed by atoms with Gasteiger partial charge in [0.1, 0.15) is 24.8 Å². The molecule has 1 aromatic carbocycles. The lowest BCUT2D eigenvalue weighted by atomic mass is 10.1. The second-order valence-electron chi connectivity index (χ2n) is 7.28. The smallest absolute Gasteiger partial charge is 0.407 e. The number of pyridine rings is 1. The van der Waals surface area contributed by atoms with E-state index in [0.29, 0.717) is 0 Å². The Bertz CT molecular complexity index is 981. The van der Waals surface area contributed by atoms with Crippen molar-refractivity contribution in [3.05, 3.63) is 56.7 Å². The summed E-state index contributed by atoms with van der Waals surface area (Å²) in [6.45, 7) is 5.17. The Balaban J connectivity index is 2.23. The number of nitro benzene ring substituents is 1.